The van der Waals surface area contributed by atoms with Gasteiger partial charge in [0.2, 0.25) is 5.91 Å². The highest BCUT2D eigenvalue weighted by Crippen LogP contribution is 2.19. The van der Waals surface area contributed by atoms with Crippen LogP contribution in [0.25, 0.3) is 0 Å². The number of aromatic nitrogens is 1. The summed E-state index contributed by atoms with van der Waals surface area (Å²) in [6, 6.07) is 3.71. The third kappa shape index (κ3) is 7.42. The van der Waals surface area contributed by atoms with Gasteiger partial charge in [0.25, 0.3) is 0 Å². The van der Waals surface area contributed by atoms with E-state index in [9.17, 15) is 9.59 Å². The van der Waals surface area contributed by atoms with E-state index in [-0.39, 0.29) is 31.1 Å². The lowest BCUT2D eigenvalue weighted by molar-refractivity contribution is -0.116. The molecule has 1 fully saturated rings. The Kier molecular flexibility index (Phi) is 7.01. The molecule has 2 amide bonds. The van der Waals surface area contributed by atoms with Crippen LogP contribution in [0.15, 0.2) is 18.3 Å². The molecular formula is C19H30N4O4. The number of carbonyl (C=O) groups excluding carboxylic acids is 2. The van der Waals surface area contributed by atoms with Gasteiger partial charge in [0.1, 0.15) is 11.4 Å². The summed E-state index contributed by atoms with van der Waals surface area (Å²) >= 11 is 0. The second kappa shape index (κ2) is 9.03. The summed E-state index contributed by atoms with van der Waals surface area (Å²) in [6.07, 6.45) is 1.58. The summed E-state index contributed by atoms with van der Waals surface area (Å²) in [4.78, 5) is 30.2. The van der Waals surface area contributed by atoms with Crippen LogP contribution in [0.3, 0.4) is 0 Å². The van der Waals surface area contributed by atoms with Crippen LogP contribution < -0.4 is 15.5 Å². The highest BCUT2D eigenvalue weighted by Gasteiger charge is 2.23. The van der Waals surface area contributed by atoms with Crippen LogP contribution >= 0.6 is 0 Å². The van der Waals surface area contributed by atoms with Gasteiger partial charge in [-0.25, -0.2) is 9.78 Å². The first-order valence-electron chi connectivity index (χ1n) is 9.25. The summed E-state index contributed by atoms with van der Waals surface area (Å²) in [5.41, 5.74) is 0.0610. The number of anilines is 2. The van der Waals surface area contributed by atoms with Crippen LogP contribution in [0.2, 0.25) is 0 Å². The fourth-order valence-corrected chi connectivity index (χ4v) is 2.83. The minimum absolute atomic E-state index is 0.152. The van der Waals surface area contributed by atoms with Crippen LogP contribution in [0, 0.1) is 0 Å². The largest absolute Gasteiger partial charge is 0.444 e. The zero-order valence-corrected chi connectivity index (χ0v) is 16.7. The van der Waals surface area contributed by atoms with Crippen molar-refractivity contribution in [1.82, 2.24) is 10.3 Å². The van der Waals surface area contributed by atoms with Crippen molar-refractivity contribution in [2.24, 2.45) is 0 Å². The predicted molar refractivity (Wildman–Crippen MR) is 104 cm³/mol. The molecule has 1 aliphatic rings. The lowest BCUT2D eigenvalue weighted by atomic mass is 10.2. The number of nitrogens with one attached hydrogen (secondary N) is 2. The monoisotopic (exact) mass is 378 g/mol. The Morgan fingerprint density at radius 1 is 1.26 bits per heavy atom. The molecule has 0 radical (unpaired) electrons. The van der Waals surface area contributed by atoms with Crippen LogP contribution in [0.4, 0.5) is 16.3 Å². The molecule has 8 nitrogen and oxygen atoms in total. The summed E-state index contributed by atoms with van der Waals surface area (Å²) in [5, 5.41) is 5.33. The van der Waals surface area contributed by atoms with Crippen molar-refractivity contribution in [2.45, 2.75) is 58.8 Å². The molecule has 0 aliphatic carbocycles. The first-order valence-corrected chi connectivity index (χ1v) is 9.25. The standard InChI is InChI=1S/C19H30N4O4/c1-13-11-23(12-14(2)26-13)16-7-6-15(10-21-16)22-17(24)8-9-20-18(25)27-19(3,4)5/h6-7,10,13-14H,8-9,11-12H2,1-5H3,(H,20,25)(H,22,24). The molecule has 1 aromatic rings. The van der Waals surface area contributed by atoms with Crippen molar-refractivity contribution in [3.05, 3.63) is 18.3 Å². The van der Waals surface area contributed by atoms with Gasteiger partial charge in [-0.1, -0.05) is 0 Å². The maximum Gasteiger partial charge on any atom is 0.407 e. The summed E-state index contributed by atoms with van der Waals surface area (Å²) in [6.45, 7) is 11.2. The Balaban J connectivity index is 1.77. The molecule has 27 heavy (non-hydrogen) atoms. The highest BCUT2D eigenvalue weighted by atomic mass is 16.6. The molecule has 1 aromatic heterocycles. The number of ether oxygens (including phenoxy) is 2. The average molecular weight is 378 g/mol. The Bertz CT molecular complexity index is 632. The number of hydrogen-bond acceptors (Lipinski definition) is 6. The molecule has 2 rings (SSSR count). The minimum Gasteiger partial charge on any atom is -0.444 e. The van der Waals surface area contributed by atoms with E-state index >= 15 is 0 Å². The quantitative estimate of drug-likeness (QED) is 0.818. The number of rotatable bonds is 5. The first kappa shape index (κ1) is 21.0. The van der Waals surface area contributed by atoms with Gasteiger partial charge in [-0.2, -0.15) is 0 Å². The predicted octanol–water partition coefficient (Wildman–Crippen LogP) is 2.55. The fraction of sp³-hybridized carbons (Fsp3) is 0.632. The third-order valence-corrected chi connectivity index (χ3v) is 3.80. The maximum absolute atomic E-state index is 12.0. The van der Waals surface area contributed by atoms with E-state index in [1.54, 1.807) is 27.0 Å². The molecule has 150 valence electrons. The lowest BCUT2D eigenvalue weighted by Gasteiger charge is -2.36. The fourth-order valence-electron chi connectivity index (χ4n) is 2.83. The molecule has 0 bridgehead atoms. The summed E-state index contributed by atoms with van der Waals surface area (Å²) in [7, 11) is 0. The van der Waals surface area contributed by atoms with Gasteiger partial charge in [0.15, 0.2) is 0 Å². The molecular weight excluding hydrogens is 348 g/mol. The molecule has 1 saturated heterocycles. The number of pyridine rings is 1. The van der Waals surface area contributed by atoms with Crippen LogP contribution in [-0.4, -0.2) is 54.4 Å². The molecule has 0 aromatic carbocycles. The van der Waals surface area contributed by atoms with Crippen molar-refractivity contribution in [3.63, 3.8) is 0 Å². The summed E-state index contributed by atoms with van der Waals surface area (Å²) < 4.78 is 10.8. The molecule has 2 N–H and O–H groups in total. The number of alkyl carbamates (subject to hydrolysis) is 1. The molecule has 0 saturated carbocycles. The molecule has 1 aliphatic heterocycles. The van der Waals surface area contributed by atoms with E-state index < -0.39 is 11.7 Å². The van der Waals surface area contributed by atoms with E-state index in [1.165, 1.54) is 0 Å². The zero-order valence-electron chi connectivity index (χ0n) is 16.7. The van der Waals surface area contributed by atoms with Gasteiger partial charge in [-0.3, -0.25) is 4.79 Å². The van der Waals surface area contributed by atoms with E-state index in [1.807, 2.05) is 26.0 Å². The lowest BCUT2D eigenvalue weighted by Crippen LogP contribution is -2.45. The molecule has 8 heteroatoms. The van der Waals surface area contributed by atoms with Crippen molar-refractivity contribution >= 4 is 23.5 Å². The van der Waals surface area contributed by atoms with Crippen molar-refractivity contribution in [1.29, 1.82) is 0 Å². The van der Waals surface area contributed by atoms with Crippen molar-refractivity contribution in [2.75, 3.05) is 29.9 Å². The Hall–Kier alpha value is -2.35. The zero-order chi connectivity index (χ0) is 20.0. The van der Waals surface area contributed by atoms with Gasteiger partial charge in [0, 0.05) is 26.1 Å². The van der Waals surface area contributed by atoms with Gasteiger partial charge in [-0.15, -0.1) is 0 Å². The van der Waals surface area contributed by atoms with E-state index in [0.717, 1.165) is 18.9 Å². The smallest absolute Gasteiger partial charge is 0.407 e. The highest BCUT2D eigenvalue weighted by molar-refractivity contribution is 5.90. The molecule has 2 heterocycles. The van der Waals surface area contributed by atoms with Crippen LogP contribution in [0.5, 0.6) is 0 Å². The van der Waals surface area contributed by atoms with Crippen LogP contribution in [-0.2, 0) is 14.3 Å². The second-order valence-electron chi connectivity index (χ2n) is 7.79. The molecule has 2 unspecified atom stereocenters. The molecule has 0 spiro atoms. The topological polar surface area (TPSA) is 92.8 Å². The van der Waals surface area contributed by atoms with E-state index in [4.69, 9.17) is 9.47 Å². The Labute approximate surface area is 160 Å². The van der Waals surface area contributed by atoms with Gasteiger partial charge in [0.05, 0.1) is 24.1 Å². The Morgan fingerprint density at radius 2 is 1.93 bits per heavy atom. The SMILES string of the molecule is CC1CN(c2ccc(NC(=O)CCNC(=O)OC(C)(C)C)cn2)CC(C)O1. The maximum atomic E-state index is 12.0. The minimum atomic E-state index is -0.560. The number of hydrogen-bond donors (Lipinski definition) is 2. The normalized spacial score (nSPS) is 20.1. The van der Waals surface area contributed by atoms with Gasteiger partial charge in [-0.05, 0) is 46.8 Å². The average Bonchev–Trinajstić information content (AvgIpc) is 2.53. The van der Waals surface area contributed by atoms with Crippen molar-refractivity contribution < 1.29 is 19.1 Å². The number of amides is 2. The third-order valence-electron chi connectivity index (χ3n) is 3.80. The van der Waals surface area contributed by atoms with Gasteiger partial charge >= 0.3 is 6.09 Å². The van der Waals surface area contributed by atoms with Crippen LogP contribution in [0.1, 0.15) is 41.0 Å². The Morgan fingerprint density at radius 3 is 2.48 bits per heavy atom. The van der Waals surface area contributed by atoms with E-state index in [0.29, 0.717) is 5.69 Å². The number of nitrogens with zero attached hydrogens (tertiary/aromatic N) is 2. The number of carbonyl (C=O) groups is 2. The number of morpholine rings is 1. The molecule has 2 atom stereocenters. The first-order chi connectivity index (χ1) is 12.6. The van der Waals surface area contributed by atoms with Gasteiger partial charge < -0.3 is 25.0 Å². The van der Waals surface area contributed by atoms with Crippen molar-refractivity contribution in [3.8, 4) is 0 Å². The summed E-state index contributed by atoms with van der Waals surface area (Å²) in [5.74, 6) is 0.663. The van der Waals surface area contributed by atoms with E-state index in [2.05, 4.69) is 20.5 Å². The second-order valence-corrected chi connectivity index (χ2v) is 7.79.